The standard InChI is InChI=1S/C19H27N3O/c1-13(2)10-19(23)21-15-4-5-18-16(11-15)17(12-20-18)14-6-8-22(3)9-7-14/h4-5,11-14,20H,6-10H2,1-3H3,(H,21,23). The third-order valence-corrected chi connectivity index (χ3v) is 4.75. The van der Waals surface area contributed by atoms with E-state index in [1.807, 2.05) is 6.07 Å². The number of aromatic amines is 1. The number of nitrogens with zero attached hydrogens (tertiary/aromatic N) is 1. The summed E-state index contributed by atoms with van der Waals surface area (Å²) in [6, 6.07) is 6.17. The first-order valence-electron chi connectivity index (χ1n) is 8.62. The second-order valence-electron chi connectivity index (χ2n) is 7.23. The van der Waals surface area contributed by atoms with E-state index in [9.17, 15) is 4.79 Å². The minimum Gasteiger partial charge on any atom is -0.361 e. The fourth-order valence-corrected chi connectivity index (χ4v) is 3.46. The Kier molecular flexibility index (Phi) is 4.71. The summed E-state index contributed by atoms with van der Waals surface area (Å²) in [6.45, 7) is 6.44. The molecule has 124 valence electrons. The summed E-state index contributed by atoms with van der Waals surface area (Å²) >= 11 is 0. The summed E-state index contributed by atoms with van der Waals surface area (Å²) < 4.78 is 0. The highest BCUT2D eigenvalue weighted by Gasteiger charge is 2.21. The van der Waals surface area contributed by atoms with Crippen LogP contribution in [0.5, 0.6) is 0 Å². The number of rotatable bonds is 4. The number of carbonyl (C=O) groups excluding carboxylic acids is 1. The van der Waals surface area contributed by atoms with E-state index >= 15 is 0 Å². The lowest BCUT2D eigenvalue weighted by atomic mass is 9.89. The van der Waals surface area contributed by atoms with Crippen molar-refractivity contribution in [2.24, 2.45) is 5.92 Å². The summed E-state index contributed by atoms with van der Waals surface area (Å²) in [7, 11) is 2.19. The van der Waals surface area contributed by atoms with E-state index in [2.05, 4.69) is 54.4 Å². The highest BCUT2D eigenvalue weighted by molar-refractivity contribution is 5.94. The molecule has 4 nitrogen and oxygen atoms in total. The summed E-state index contributed by atoms with van der Waals surface area (Å²) in [6.07, 6.45) is 5.12. The number of H-pyrrole nitrogens is 1. The van der Waals surface area contributed by atoms with Gasteiger partial charge in [-0.25, -0.2) is 0 Å². The Morgan fingerprint density at radius 1 is 1.35 bits per heavy atom. The number of fused-ring (bicyclic) bond motifs is 1. The Morgan fingerprint density at radius 3 is 2.78 bits per heavy atom. The number of amides is 1. The average molecular weight is 313 g/mol. The fraction of sp³-hybridized carbons (Fsp3) is 0.526. The molecular weight excluding hydrogens is 286 g/mol. The topological polar surface area (TPSA) is 48.1 Å². The SMILES string of the molecule is CC(C)CC(=O)Nc1ccc2[nH]cc(C3CCN(C)CC3)c2c1. The van der Waals surface area contributed by atoms with Crippen molar-refractivity contribution in [1.82, 2.24) is 9.88 Å². The summed E-state index contributed by atoms with van der Waals surface area (Å²) in [5, 5.41) is 4.28. The van der Waals surface area contributed by atoms with Crippen molar-refractivity contribution < 1.29 is 4.79 Å². The first-order valence-corrected chi connectivity index (χ1v) is 8.62. The zero-order chi connectivity index (χ0) is 16.4. The number of nitrogens with one attached hydrogen (secondary N) is 2. The van der Waals surface area contributed by atoms with Crippen molar-refractivity contribution in [3.05, 3.63) is 30.0 Å². The van der Waals surface area contributed by atoms with Gasteiger partial charge in [-0.1, -0.05) is 13.8 Å². The maximum atomic E-state index is 12.0. The fourth-order valence-electron chi connectivity index (χ4n) is 3.46. The molecule has 1 saturated heterocycles. The van der Waals surface area contributed by atoms with E-state index in [0.29, 0.717) is 18.3 Å². The van der Waals surface area contributed by atoms with Crippen LogP contribution in [0, 0.1) is 5.92 Å². The number of carbonyl (C=O) groups is 1. The van der Waals surface area contributed by atoms with Crippen molar-refractivity contribution in [2.45, 2.75) is 39.0 Å². The van der Waals surface area contributed by atoms with Crippen LogP contribution in [0.4, 0.5) is 5.69 Å². The van der Waals surface area contributed by atoms with Gasteiger partial charge in [-0.15, -0.1) is 0 Å². The Hall–Kier alpha value is -1.81. The van der Waals surface area contributed by atoms with Crippen molar-refractivity contribution in [3.63, 3.8) is 0 Å². The number of hydrogen-bond donors (Lipinski definition) is 2. The van der Waals surface area contributed by atoms with Gasteiger partial charge < -0.3 is 15.2 Å². The molecule has 23 heavy (non-hydrogen) atoms. The second-order valence-corrected chi connectivity index (χ2v) is 7.23. The zero-order valence-corrected chi connectivity index (χ0v) is 14.4. The predicted molar refractivity (Wildman–Crippen MR) is 95.9 cm³/mol. The van der Waals surface area contributed by atoms with E-state index in [-0.39, 0.29) is 5.91 Å². The number of piperidine rings is 1. The second kappa shape index (κ2) is 6.75. The van der Waals surface area contributed by atoms with Crippen LogP contribution in [-0.2, 0) is 4.79 Å². The number of hydrogen-bond acceptors (Lipinski definition) is 2. The normalized spacial score (nSPS) is 17.0. The van der Waals surface area contributed by atoms with Gasteiger partial charge in [-0.3, -0.25) is 4.79 Å². The smallest absolute Gasteiger partial charge is 0.224 e. The average Bonchev–Trinajstić information content (AvgIpc) is 2.90. The van der Waals surface area contributed by atoms with Gasteiger partial charge in [0.05, 0.1) is 0 Å². The first kappa shape index (κ1) is 16.1. The minimum absolute atomic E-state index is 0.0933. The lowest BCUT2D eigenvalue weighted by Gasteiger charge is -2.28. The Bertz CT molecular complexity index is 681. The molecule has 1 aliphatic rings. The maximum Gasteiger partial charge on any atom is 0.224 e. The third kappa shape index (κ3) is 3.75. The van der Waals surface area contributed by atoms with E-state index in [1.54, 1.807) is 0 Å². The molecule has 4 heteroatoms. The molecule has 0 aliphatic carbocycles. The molecule has 1 aliphatic heterocycles. The van der Waals surface area contributed by atoms with Crippen LogP contribution in [0.25, 0.3) is 10.9 Å². The van der Waals surface area contributed by atoms with Crippen LogP contribution in [0.3, 0.4) is 0 Å². The van der Waals surface area contributed by atoms with Gasteiger partial charge in [0.2, 0.25) is 5.91 Å². The van der Waals surface area contributed by atoms with Crippen molar-refractivity contribution in [3.8, 4) is 0 Å². The number of anilines is 1. The molecule has 0 unspecified atom stereocenters. The van der Waals surface area contributed by atoms with Crippen LogP contribution in [0.2, 0.25) is 0 Å². The predicted octanol–water partition coefficient (Wildman–Crippen LogP) is 3.96. The molecule has 0 spiro atoms. The van der Waals surface area contributed by atoms with Gasteiger partial charge in [0.15, 0.2) is 0 Å². The third-order valence-electron chi connectivity index (χ3n) is 4.75. The van der Waals surface area contributed by atoms with Gasteiger partial charge >= 0.3 is 0 Å². The molecular formula is C19H27N3O. The van der Waals surface area contributed by atoms with Crippen molar-refractivity contribution >= 4 is 22.5 Å². The summed E-state index contributed by atoms with van der Waals surface area (Å²) in [4.78, 5) is 17.8. The number of likely N-dealkylation sites (tertiary alicyclic amines) is 1. The molecule has 1 aromatic heterocycles. The van der Waals surface area contributed by atoms with E-state index in [4.69, 9.17) is 0 Å². The number of aromatic nitrogens is 1. The van der Waals surface area contributed by atoms with Gasteiger partial charge in [-0.05, 0) is 68.6 Å². The molecule has 2 N–H and O–H groups in total. The van der Waals surface area contributed by atoms with E-state index in [0.717, 1.165) is 24.3 Å². The van der Waals surface area contributed by atoms with Crippen LogP contribution >= 0.6 is 0 Å². The van der Waals surface area contributed by atoms with Gasteiger partial charge in [0, 0.05) is 29.2 Å². The summed E-state index contributed by atoms with van der Waals surface area (Å²) in [5.41, 5.74) is 3.45. The zero-order valence-electron chi connectivity index (χ0n) is 14.4. The van der Waals surface area contributed by atoms with Gasteiger partial charge in [-0.2, -0.15) is 0 Å². The Balaban J connectivity index is 1.81. The molecule has 0 saturated carbocycles. The highest BCUT2D eigenvalue weighted by atomic mass is 16.1. The van der Waals surface area contributed by atoms with Crippen LogP contribution in [-0.4, -0.2) is 35.9 Å². The quantitative estimate of drug-likeness (QED) is 0.897. The van der Waals surface area contributed by atoms with Crippen LogP contribution in [0.1, 0.15) is 44.6 Å². The van der Waals surface area contributed by atoms with E-state index < -0.39 is 0 Å². The largest absolute Gasteiger partial charge is 0.361 e. The van der Waals surface area contributed by atoms with Crippen molar-refractivity contribution in [2.75, 3.05) is 25.5 Å². The molecule has 0 radical (unpaired) electrons. The number of benzene rings is 1. The molecule has 2 heterocycles. The lowest BCUT2D eigenvalue weighted by molar-refractivity contribution is -0.116. The first-order chi connectivity index (χ1) is 11.0. The minimum atomic E-state index is 0.0933. The van der Waals surface area contributed by atoms with Crippen molar-refractivity contribution in [1.29, 1.82) is 0 Å². The molecule has 0 bridgehead atoms. The molecule has 0 atom stereocenters. The maximum absolute atomic E-state index is 12.0. The monoisotopic (exact) mass is 313 g/mol. The highest BCUT2D eigenvalue weighted by Crippen LogP contribution is 2.34. The molecule has 1 fully saturated rings. The Morgan fingerprint density at radius 2 is 2.09 bits per heavy atom. The van der Waals surface area contributed by atoms with Crippen LogP contribution in [0.15, 0.2) is 24.4 Å². The molecule has 2 aromatic rings. The summed E-state index contributed by atoms with van der Waals surface area (Å²) in [5.74, 6) is 1.08. The lowest BCUT2D eigenvalue weighted by Crippen LogP contribution is -2.29. The van der Waals surface area contributed by atoms with Gasteiger partial charge in [0.1, 0.15) is 0 Å². The molecule has 1 amide bonds. The molecule has 1 aromatic carbocycles. The van der Waals surface area contributed by atoms with E-state index in [1.165, 1.54) is 23.8 Å². The molecule has 3 rings (SSSR count). The van der Waals surface area contributed by atoms with Gasteiger partial charge in [0.25, 0.3) is 0 Å². The van der Waals surface area contributed by atoms with Crippen LogP contribution < -0.4 is 5.32 Å². The Labute approximate surface area is 138 Å².